The summed E-state index contributed by atoms with van der Waals surface area (Å²) >= 11 is 11.3. The van der Waals surface area contributed by atoms with Gasteiger partial charge in [0, 0.05) is 35.8 Å². The Morgan fingerprint density at radius 2 is 2.24 bits per heavy atom. The molecule has 2 aromatic rings. The molecule has 0 unspecified atom stereocenters. The van der Waals surface area contributed by atoms with Gasteiger partial charge in [0.25, 0.3) is 0 Å². The molecular weight excluding hydrogens is 372 g/mol. The third-order valence-corrected chi connectivity index (χ3v) is 4.80. The zero-order valence-corrected chi connectivity index (χ0v) is 14.8. The maximum atomic E-state index is 6.18. The fourth-order valence-corrected chi connectivity index (χ4v) is 3.26. The molecule has 1 aromatic carbocycles. The van der Waals surface area contributed by atoms with E-state index in [9.17, 15) is 0 Å². The van der Waals surface area contributed by atoms with E-state index in [0.29, 0.717) is 11.6 Å². The van der Waals surface area contributed by atoms with Crippen molar-refractivity contribution in [3.8, 4) is 0 Å². The van der Waals surface area contributed by atoms with E-state index in [-0.39, 0.29) is 0 Å². The molecule has 0 atom stereocenters. The van der Waals surface area contributed by atoms with E-state index in [0.717, 1.165) is 27.5 Å². The van der Waals surface area contributed by atoms with E-state index in [4.69, 9.17) is 16.3 Å². The standard InChI is InChI=1S/C15H16BrClN2OS/c1-20-8-7-18-10-11-9-12(16)4-5-14(11)21-15-13(17)3-2-6-19-15/h2-6,9,18H,7-8,10H2,1H3. The second-order valence-electron chi connectivity index (χ2n) is 4.31. The van der Waals surface area contributed by atoms with Crippen molar-refractivity contribution >= 4 is 39.3 Å². The van der Waals surface area contributed by atoms with Crippen molar-refractivity contribution in [2.24, 2.45) is 0 Å². The highest BCUT2D eigenvalue weighted by atomic mass is 79.9. The summed E-state index contributed by atoms with van der Waals surface area (Å²) in [5.74, 6) is 0. The summed E-state index contributed by atoms with van der Waals surface area (Å²) < 4.78 is 6.10. The molecule has 21 heavy (non-hydrogen) atoms. The molecule has 2 rings (SSSR count). The van der Waals surface area contributed by atoms with Crippen molar-refractivity contribution in [3.05, 3.63) is 51.6 Å². The molecule has 0 amide bonds. The van der Waals surface area contributed by atoms with Crippen molar-refractivity contribution in [1.82, 2.24) is 10.3 Å². The Kier molecular flexibility index (Phi) is 6.99. The van der Waals surface area contributed by atoms with Crippen LogP contribution in [0.5, 0.6) is 0 Å². The van der Waals surface area contributed by atoms with Gasteiger partial charge in [-0.05, 0) is 35.9 Å². The number of pyridine rings is 1. The summed E-state index contributed by atoms with van der Waals surface area (Å²) in [7, 11) is 1.70. The predicted octanol–water partition coefficient (Wildman–Crippen LogP) is 4.38. The van der Waals surface area contributed by atoms with Gasteiger partial charge in [0.05, 0.1) is 11.6 Å². The van der Waals surface area contributed by atoms with Crippen LogP contribution in [0.4, 0.5) is 0 Å². The van der Waals surface area contributed by atoms with Crippen molar-refractivity contribution in [2.45, 2.75) is 16.5 Å². The van der Waals surface area contributed by atoms with E-state index in [2.05, 4.69) is 38.4 Å². The Morgan fingerprint density at radius 1 is 1.38 bits per heavy atom. The lowest BCUT2D eigenvalue weighted by atomic mass is 10.2. The van der Waals surface area contributed by atoms with Gasteiger partial charge in [-0.3, -0.25) is 0 Å². The first kappa shape index (κ1) is 16.8. The molecule has 0 aliphatic heterocycles. The number of aromatic nitrogens is 1. The summed E-state index contributed by atoms with van der Waals surface area (Å²) in [5.41, 5.74) is 1.20. The van der Waals surface area contributed by atoms with Gasteiger partial charge in [-0.1, -0.05) is 39.3 Å². The monoisotopic (exact) mass is 386 g/mol. The Labute approximate surface area is 142 Å². The van der Waals surface area contributed by atoms with E-state index >= 15 is 0 Å². The van der Waals surface area contributed by atoms with Gasteiger partial charge in [-0.2, -0.15) is 0 Å². The van der Waals surface area contributed by atoms with Gasteiger partial charge in [0.1, 0.15) is 5.03 Å². The van der Waals surface area contributed by atoms with Crippen LogP contribution >= 0.6 is 39.3 Å². The normalized spacial score (nSPS) is 10.8. The number of halogens is 2. The number of nitrogens with zero attached hydrogens (tertiary/aromatic N) is 1. The van der Waals surface area contributed by atoms with Gasteiger partial charge in [0.15, 0.2) is 0 Å². The van der Waals surface area contributed by atoms with Gasteiger partial charge in [0.2, 0.25) is 0 Å². The molecule has 6 heteroatoms. The molecule has 0 saturated heterocycles. The SMILES string of the molecule is COCCNCc1cc(Br)ccc1Sc1ncccc1Cl. The number of ether oxygens (including phenoxy) is 1. The van der Waals surface area contributed by atoms with Gasteiger partial charge < -0.3 is 10.1 Å². The Bertz CT molecular complexity index is 598. The van der Waals surface area contributed by atoms with Gasteiger partial charge in [-0.15, -0.1) is 0 Å². The first-order valence-corrected chi connectivity index (χ1v) is 8.46. The van der Waals surface area contributed by atoms with E-state index in [1.165, 1.54) is 5.56 Å². The minimum Gasteiger partial charge on any atom is -0.383 e. The Balaban J connectivity index is 2.13. The number of methoxy groups -OCH3 is 1. The molecule has 0 saturated carbocycles. The number of benzene rings is 1. The average Bonchev–Trinajstić information content (AvgIpc) is 2.48. The van der Waals surface area contributed by atoms with Crippen LogP contribution in [0.1, 0.15) is 5.56 Å². The first-order chi connectivity index (χ1) is 10.2. The predicted molar refractivity (Wildman–Crippen MR) is 91.1 cm³/mol. The number of hydrogen-bond acceptors (Lipinski definition) is 4. The van der Waals surface area contributed by atoms with Crippen molar-refractivity contribution in [1.29, 1.82) is 0 Å². The second-order valence-corrected chi connectivity index (χ2v) is 6.67. The topological polar surface area (TPSA) is 34.1 Å². The number of rotatable bonds is 7. The minimum atomic E-state index is 0.670. The molecular formula is C15H16BrClN2OS. The summed E-state index contributed by atoms with van der Waals surface area (Å²) in [5, 5.41) is 4.85. The van der Waals surface area contributed by atoms with Crippen LogP contribution in [-0.4, -0.2) is 25.2 Å². The third-order valence-electron chi connectivity index (χ3n) is 2.75. The fourth-order valence-electron chi connectivity index (χ4n) is 1.73. The Hall–Kier alpha value is -0.590. The third kappa shape index (κ3) is 5.27. The van der Waals surface area contributed by atoms with E-state index in [1.807, 2.05) is 18.2 Å². The van der Waals surface area contributed by atoms with Crippen LogP contribution in [0.15, 0.2) is 50.9 Å². The zero-order valence-electron chi connectivity index (χ0n) is 11.6. The fraction of sp³-hybridized carbons (Fsp3) is 0.267. The summed E-state index contributed by atoms with van der Waals surface area (Å²) in [4.78, 5) is 5.47. The number of hydrogen-bond donors (Lipinski definition) is 1. The quantitative estimate of drug-likeness (QED) is 0.715. The van der Waals surface area contributed by atoms with Gasteiger partial charge >= 0.3 is 0 Å². The molecule has 1 heterocycles. The highest BCUT2D eigenvalue weighted by Crippen LogP contribution is 2.34. The smallest absolute Gasteiger partial charge is 0.119 e. The summed E-state index contributed by atoms with van der Waals surface area (Å²) in [6.45, 7) is 2.29. The minimum absolute atomic E-state index is 0.670. The first-order valence-electron chi connectivity index (χ1n) is 6.47. The molecule has 0 radical (unpaired) electrons. The van der Waals surface area contributed by atoms with Crippen molar-refractivity contribution in [3.63, 3.8) is 0 Å². The zero-order chi connectivity index (χ0) is 15.1. The van der Waals surface area contributed by atoms with E-state index < -0.39 is 0 Å². The maximum absolute atomic E-state index is 6.18. The molecule has 1 aromatic heterocycles. The highest BCUT2D eigenvalue weighted by molar-refractivity contribution is 9.10. The molecule has 0 aliphatic carbocycles. The summed E-state index contributed by atoms with van der Waals surface area (Å²) in [6.07, 6.45) is 1.75. The molecule has 0 bridgehead atoms. The maximum Gasteiger partial charge on any atom is 0.119 e. The summed E-state index contributed by atoms with van der Waals surface area (Å²) in [6, 6.07) is 9.90. The molecule has 0 aliphatic rings. The lowest BCUT2D eigenvalue weighted by Gasteiger charge is -2.11. The lowest BCUT2D eigenvalue weighted by Crippen LogP contribution is -2.18. The van der Waals surface area contributed by atoms with Crippen LogP contribution in [0, 0.1) is 0 Å². The molecule has 0 spiro atoms. The molecule has 0 fully saturated rings. The van der Waals surface area contributed by atoms with Crippen LogP contribution in [0.3, 0.4) is 0 Å². The van der Waals surface area contributed by atoms with E-state index in [1.54, 1.807) is 25.1 Å². The average molecular weight is 388 g/mol. The van der Waals surface area contributed by atoms with Crippen molar-refractivity contribution in [2.75, 3.05) is 20.3 Å². The van der Waals surface area contributed by atoms with Crippen LogP contribution in [-0.2, 0) is 11.3 Å². The lowest BCUT2D eigenvalue weighted by molar-refractivity contribution is 0.199. The second kappa shape index (κ2) is 8.76. The molecule has 3 nitrogen and oxygen atoms in total. The molecule has 112 valence electrons. The van der Waals surface area contributed by atoms with Crippen LogP contribution in [0.2, 0.25) is 5.02 Å². The van der Waals surface area contributed by atoms with Gasteiger partial charge in [-0.25, -0.2) is 4.98 Å². The largest absolute Gasteiger partial charge is 0.383 e. The molecule has 1 N–H and O–H groups in total. The van der Waals surface area contributed by atoms with Crippen LogP contribution < -0.4 is 5.32 Å². The Morgan fingerprint density at radius 3 is 3.00 bits per heavy atom. The van der Waals surface area contributed by atoms with Crippen LogP contribution in [0.25, 0.3) is 0 Å². The number of nitrogens with one attached hydrogen (secondary N) is 1. The highest BCUT2D eigenvalue weighted by Gasteiger charge is 2.08. The van der Waals surface area contributed by atoms with Crippen molar-refractivity contribution < 1.29 is 4.74 Å².